The zero-order valence-corrected chi connectivity index (χ0v) is 27.9. The predicted molar refractivity (Wildman–Crippen MR) is 188 cm³/mol. The van der Waals surface area contributed by atoms with Gasteiger partial charge in [0.05, 0.1) is 25.6 Å². The Hall–Kier alpha value is -5.76. The summed E-state index contributed by atoms with van der Waals surface area (Å²) >= 11 is 0. The van der Waals surface area contributed by atoms with Gasteiger partial charge >= 0.3 is 0 Å². The van der Waals surface area contributed by atoms with Crippen molar-refractivity contribution in [3.63, 3.8) is 0 Å². The number of fused-ring (bicyclic) bond motifs is 1. The fourth-order valence-corrected chi connectivity index (χ4v) is 6.03. The van der Waals surface area contributed by atoms with Crippen LogP contribution in [0, 0.1) is 0 Å². The van der Waals surface area contributed by atoms with Crippen LogP contribution in [0.3, 0.4) is 0 Å². The Morgan fingerprint density at radius 3 is 2.44 bits per heavy atom. The molecule has 0 aliphatic carbocycles. The van der Waals surface area contributed by atoms with E-state index in [1.165, 1.54) is 18.2 Å². The van der Waals surface area contributed by atoms with E-state index in [9.17, 15) is 19.2 Å². The van der Waals surface area contributed by atoms with Gasteiger partial charge in [0.2, 0.25) is 23.6 Å². The standard InChI is InChI=1S/C36H43N9O5/c1-23(46)43-30(17-28-19-39-22-42-28)33(47)44-31(16-24-7-3-2-4-8-24)35(49)45-20-29(18-32(45)34(48)40-13-14-41-36(37)38)50-21-25-11-12-26-9-5-6-10-27(26)15-25/h2-12,15,19,22,29-32H,13-14,16-18,20-21H2,1H3,(H,39,42)(H,40,48)(H,43,46)(H,44,47)(H4,37,38,41)/t29-,30+,31-,32-/m1/s1. The van der Waals surface area contributed by atoms with Crippen molar-refractivity contribution < 1.29 is 23.9 Å². The molecule has 1 fully saturated rings. The van der Waals surface area contributed by atoms with E-state index in [0.29, 0.717) is 5.69 Å². The van der Waals surface area contributed by atoms with Crippen molar-refractivity contribution in [2.45, 2.75) is 57.0 Å². The highest BCUT2D eigenvalue weighted by Gasteiger charge is 2.43. The second kappa shape index (κ2) is 17.1. The van der Waals surface area contributed by atoms with Gasteiger partial charge in [-0.05, 0) is 28.0 Å². The van der Waals surface area contributed by atoms with Crippen molar-refractivity contribution in [3.05, 3.63) is 102 Å². The van der Waals surface area contributed by atoms with Crippen LogP contribution in [-0.4, -0.2) is 88.3 Å². The number of H-pyrrole nitrogens is 1. The maximum absolute atomic E-state index is 14.5. The number of carbonyl (C=O) groups excluding carboxylic acids is 4. The van der Waals surface area contributed by atoms with Crippen LogP contribution in [0.5, 0.6) is 0 Å². The highest BCUT2D eigenvalue weighted by molar-refractivity contribution is 5.95. The number of aliphatic imine (C=N–C) groups is 1. The van der Waals surface area contributed by atoms with Gasteiger partial charge < -0.3 is 42.0 Å². The van der Waals surface area contributed by atoms with E-state index in [0.717, 1.165) is 21.9 Å². The first kappa shape index (κ1) is 35.5. The van der Waals surface area contributed by atoms with E-state index in [2.05, 4.69) is 37.0 Å². The number of nitrogens with zero attached hydrogens (tertiary/aromatic N) is 3. The number of carbonyl (C=O) groups is 4. The summed E-state index contributed by atoms with van der Waals surface area (Å²) in [5.41, 5.74) is 13.3. The van der Waals surface area contributed by atoms with Crippen LogP contribution in [0.2, 0.25) is 0 Å². The van der Waals surface area contributed by atoms with Gasteiger partial charge in [-0.15, -0.1) is 0 Å². The number of nitrogens with two attached hydrogens (primary N) is 2. The summed E-state index contributed by atoms with van der Waals surface area (Å²) in [7, 11) is 0. The number of ether oxygens (including phenoxy) is 1. The van der Waals surface area contributed by atoms with Crippen LogP contribution in [0.1, 0.15) is 30.2 Å². The van der Waals surface area contributed by atoms with E-state index in [4.69, 9.17) is 16.2 Å². The van der Waals surface area contributed by atoms with Crippen LogP contribution in [0.4, 0.5) is 0 Å². The Balaban J connectivity index is 1.36. The summed E-state index contributed by atoms with van der Waals surface area (Å²) in [4.78, 5) is 66.1. The van der Waals surface area contributed by atoms with Crippen molar-refractivity contribution in [1.29, 1.82) is 0 Å². The lowest BCUT2D eigenvalue weighted by Gasteiger charge is -2.29. The molecule has 1 aliphatic rings. The highest BCUT2D eigenvalue weighted by Crippen LogP contribution is 2.25. The Bertz CT molecular complexity index is 1790. The summed E-state index contributed by atoms with van der Waals surface area (Å²) in [5.74, 6) is -1.89. The van der Waals surface area contributed by atoms with Gasteiger partial charge in [-0.3, -0.25) is 24.2 Å². The number of hydrogen-bond acceptors (Lipinski definition) is 7. The Morgan fingerprint density at radius 1 is 0.960 bits per heavy atom. The van der Waals surface area contributed by atoms with E-state index < -0.39 is 42.0 Å². The summed E-state index contributed by atoms with van der Waals surface area (Å²) in [6.45, 7) is 2.06. The van der Waals surface area contributed by atoms with Crippen LogP contribution in [0.25, 0.3) is 10.8 Å². The summed E-state index contributed by atoms with van der Waals surface area (Å²) in [6, 6.07) is 20.5. The molecular weight excluding hydrogens is 638 g/mol. The number of nitrogens with one attached hydrogen (secondary N) is 4. The molecule has 14 nitrogen and oxygen atoms in total. The SMILES string of the molecule is CC(=O)N[C@@H](Cc1cnc[nH]1)C(=O)N[C@H](Cc1ccccc1)C(=O)N1C[C@H](OCc2ccc3ccccc3c2)C[C@@H]1C(=O)NCCN=C(N)N. The molecule has 1 saturated heterocycles. The number of aromatic amines is 1. The molecule has 262 valence electrons. The molecule has 0 bridgehead atoms. The summed E-state index contributed by atoms with van der Waals surface area (Å²) in [5, 5.41) is 10.6. The average Bonchev–Trinajstić information content (AvgIpc) is 3.79. The zero-order valence-electron chi connectivity index (χ0n) is 27.9. The highest BCUT2D eigenvalue weighted by atomic mass is 16.5. The maximum atomic E-state index is 14.5. The lowest BCUT2D eigenvalue weighted by molar-refractivity contribution is -0.142. The topological polar surface area (TPSA) is 210 Å². The third-order valence-corrected chi connectivity index (χ3v) is 8.42. The van der Waals surface area contributed by atoms with Crippen molar-refractivity contribution >= 4 is 40.4 Å². The molecule has 0 unspecified atom stereocenters. The summed E-state index contributed by atoms with van der Waals surface area (Å²) in [6.07, 6.45) is 3.11. The van der Waals surface area contributed by atoms with Crippen LogP contribution < -0.4 is 27.4 Å². The third kappa shape index (κ3) is 9.89. The monoisotopic (exact) mass is 681 g/mol. The first-order chi connectivity index (χ1) is 24.2. The molecule has 4 aromatic rings. The van der Waals surface area contributed by atoms with Crippen molar-refractivity contribution in [1.82, 2.24) is 30.8 Å². The van der Waals surface area contributed by atoms with Gasteiger partial charge in [0.25, 0.3) is 0 Å². The molecule has 8 N–H and O–H groups in total. The number of likely N-dealkylation sites (tertiary alicyclic amines) is 1. The number of guanidine groups is 1. The Kier molecular flexibility index (Phi) is 12.1. The van der Waals surface area contributed by atoms with Gasteiger partial charge in [-0.25, -0.2) is 4.98 Å². The predicted octanol–water partition coefficient (Wildman–Crippen LogP) is 0.914. The quantitative estimate of drug-likeness (QED) is 0.0602. The van der Waals surface area contributed by atoms with Gasteiger partial charge in [-0.2, -0.15) is 0 Å². The minimum absolute atomic E-state index is 0.0938. The van der Waals surface area contributed by atoms with Gasteiger partial charge in [0.1, 0.15) is 18.1 Å². The molecular formula is C36H43N9O5. The molecule has 5 rings (SSSR count). The summed E-state index contributed by atoms with van der Waals surface area (Å²) < 4.78 is 6.30. The molecule has 14 heteroatoms. The lowest BCUT2D eigenvalue weighted by atomic mass is 10.0. The van der Waals surface area contributed by atoms with Gasteiger partial charge in [-0.1, -0.05) is 66.7 Å². The van der Waals surface area contributed by atoms with E-state index in [1.807, 2.05) is 66.7 Å². The molecule has 0 saturated carbocycles. The Morgan fingerprint density at radius 2 is 1.72 bits per heavy atom. The maximum Gasteiger partial charge on any atom is 0.246 e. The van der Waals surface area contributed by atoms with Crippen LogP contribution >= 0.6 is 0 Å². The minimum Gasteiger partial charge on any atom is -0.372 e. The van der Waals surface area contributed by atoms with Gasteiger partial charge in [0, 0.05) is 51.2 Å². The molecule has 1 aliphatic heterocycles. The molecule has 50 heavy (non-hydrogen) atoms. The first-order valence-electron chi connectivity index (χ1n) is 16.5. The van der Waals surface area contributed by atoms with Gasteiger partial charge in [0.15, 0.2) is 5.96 Å². The van der Waals surface area contributed by atoms with Crippen molar-refractivity contribution in [3.8, 4) is 0 Å². The number of imidazole rings is 1. The van der Waals surface area contributed by atoms with Crippen LogP contribution in [-0.2, 0) is 43.4 Å². The van der Waals surface area contributed by atoms with Crippen molar-refractivity contribution in [2.75, 3.05) is 19.6 Å². The second-order valence-corrected chi connectivity index (χ2v) is 12.2. The van der Waals surface area contributed by atoms with E-state index in [-0.39, 0.29) is 57.4 Å². The second-order valence-electron chi connectivity index (χ2n) is 12.2. The number of benzene rings is 3. The number of aromatic nitrogens is 2. The van der Waals surface area contributed by atoms with E-state index >= 15 is 0 Å². The van der Waals surface area contributed by atoms with E-state index in [1.54, 1.807) is 6.20 Å². The molecule has 4 amide bonds. The number of amides is 4. The van der Waals surface area contributed by atoms with Crippen molar-refractivity contribution in [2.24, 2.45) is 16.5 Å². The smallest absolute Gasteiger partial charge is 0.246 e. The molecule has 1 aromatic heterocycles. The lowest BCUT2D eigenvalue weighted by Crippen LogP contribution is -2.57. The Labute approximate surface area is 290 Å². The molecule has 4 atom stereocenters. The number of rotatable bonds is 15. The third-order valence-electron chi connectivity index (χ3n) is 8.42. The fourth-order valence-electron chi connectivity index (χ4n) is 6.03. The first-order valence-corrected chi connectivity index (χ1v) is 16.5. The zero-order chi connectivity index (χ0) is 35.5. The van der Waals surface area contributed by atoms with Crippen LogP contribution in [0.15, 0.2) is 90.3 Å². The molecule has 3 aromatic carbocycles. The average molecular weight is 682 g/mol. The molecule has 2 heterocycles. The fraction of sp³-hybridized carbons (Fsp3) is 0.333. The molecule has 0 spiro atoms. The largest absolute Gasteiger partial charge is 0.372 e. The minimum atomic E-state index is -1.06. The molecule has 0 radical (unpaired) electrons. The number of hydrogen-bond donors (Lipinski definition) is 6. The normalized spacial score (nSPS) is 16.7.